The van der Waals surface area contributed by atoms with Gasteiger partial charge in [0.05, 0.1) is 5.69 Å². The van der Waals surface area contributed by atoms with Crippen LogP contribution in [0.2, 0.25) is 0 Å². The summed E-state index contributed by atoms with van der Waals surface area (Å²) in [7, 11) is 0. The lowest BCUT2D eigenvalue weighted by molar-refractivity contribution is 0.585. The summed E-state index contributed by atoms with van der Waals surface area (Å²) in [5.41, 5.74) is 1.77. The average molecular weight is 207 g/mol. The molecule has 1 heterocycles. The molecule has 0 saturated heterocycles. The van der Waals surface area contributed by atoms with Crippen molar-refractivity contribution in [2.24, 2.45) is 0 Å². The van der Waals surface area contributed by atoms with Crippen LogP contribution in [0.25, 0.3) is 0 Å². The first kappa shape index (κ1) is 10.4. The van der Waals surface area contributed by atoms with Crippen molar-refractivity contribution in [3.05, 3.63) is 27.7 Å². The van der Waals surface area contributed by atoms with Gasteiger partial charge in [-0.3, -0.25) is 4.79 Å². The third-order valence-corrected chi connectivity index (χ3v) is 2.63. The number of rotatable bonds is 4. The van der Waals surface area contributed by atoms with Gasteiger partial charge in [-0.2, -0.15) is 5.10 Å². The Hall–Kier alpha value is -1.16. The third-order valence-electron chi connectivity index (χ3n) is 2.63. The average Bonchev–Trinajstić information content (AvgIpc) is 3.02. The number of aromatic nitrogens is 2. The van der Waals surface area contributed by atoms with E-state index >= 15 is 0 Å². The summed E-state index contributed by atoms with van der Waals surface area (Å²) in [5, 5.41) is 7.52. The van der Waals surface area contributed by atoms with Crippen LogP contribution in [0.15, 0.2) is 10.9 Å². The Kier molecular flexibility index (Phi) is 2.86. The van der Waals surface area contributed by atoms with Crippen LogP contribution in [0.1, 0.15) is 31.0 Å². The minimum atomic E-state index is 0.0382. The molecule has 1 N–H and O–H groups in total. The molecule has 1 aromatic heterocycles. The lowest BCUT2D eigenvalue weighted by atomic mass is 10.2. The number of hydrogen-bond acceptors (Lipinski definition) is 3. The van der Waals surface area contributed by atoms with E-state index in [2.05, 4.69) is 10.4 Å². The molecule has 0 aromatic carbocycles. The van der Waals surface area contributed by atoms with Gasteiger partial charge in [0.15, 0.2) is 0 Å². The smallest absolute Gasteiger partial charge is 0.271 e. The minimum Gasteiger partial charge on any atom is -0.310 e. The first-order valence-corrected chi connectivity index (χ1v) is 5.51. The molecular weight excluding hydrogens is 190 g/mol. The van der Waals surface area contributed by atoms with E-state index in [1.54, 1.807) is 0 Å². The van der Waals surface area contributed by atoms with Gasteiger partial charge in [0.1, 0.15) is 0 Å². The van der Waals surface area contributed by atoms with Crippen molar-refractivity contribution in [3.63, 3.8) is 0 Å². The van der Waals surface area contributed by atoms with Crippen molar-refractivity contribution >= 4 is 0 Å². The quantitative estimate of drug-likeness (QED) is 0.795. The summed E-state index contributed by atoms with van der Waals surface area (Å²) in [6.07, 6.45) is 2.48. The Balaban J connectivity index is 2.20. The molecule has 0 spiro atoms. The fraction of sp³-hybridized carbons (Fsp3) is 0.636. The molecular formula is C11H17N3O. The van der Waals surface area contributed by atoms with Gasteiger partial charge in [0, 0.05) is 24.7 Å². The van der Waals surface area contributed by atoms with E-state index in [0.29, 0.717) is 19.1 Å². The number of nitrogens with zero attached hydrogens (tertiary/aromatic N) is 2. The Morgan fingerprint density at radius 3 is 2.93 bits per heavy atom. The molecule has 1 aliphatic rings. The SMILES string of the molecule is CCn1nc(C)cc(CNC2CC2)c1=O. The topological polar surface area (TPSA) is 46.9 Å². The van der Waals surface area contributed by atoms with Crippen molar-refractivity contribution < 1.29 is 0 Å². The maximum absolute atomic E-state index is 11.8. The van der Waals surface area contributed by atoms with Gasteiger partial charge < -0.3 is 5.32 Å². The highest BCUT2D eigenvalue weighted by Gasteiger charge is 2.20. The molecule has 0 bridgehead atoms. The maximum atomic E-state index is 11.8. The summed E-state index contributed by atoms with van der Waals surface area (Å²) >= 11 is 0. The monoisotopic (exact) mass is 207 g/mol. The molecule has 1 aliphatic carbocycles. The summed E-state index contributed by atoms with van der Waals surface area (Å²) in [4.78, 5) is 11.8. The Labute approximate surface area is 89.3 Å². The van der Waals surface area contributed by atoms with E-state index in [-0.39, 0.29) is 5.56 Å². The van der Waals surface area contributed by atoms with Crippen LogP contribution in [0, 0.1) is 6.92 Å². The predicted octanol–water partition coefficient (Wildman–Crippen LogP) is 0.824. The molecule has 4 nitrogen and oxygen atoms in total. The van der Waals surface area contributed by atoms with E-state index in [4.69, 9.17) is 0 Å². The predicted molar refractivity (Wildman–Crippen MR) is 58.8 cm³/mol. The van der Waals surface area contributed by atoms with Gasteiger partial charge in [0.2, 0.25) is 0 Å². The summed E-state index contributed by atoms with van der Waals surface area (Å²) < 4.78 is 1.53. The van der Waals surface area contributed by atoms with E-state index in [1.165, 1.54) is 17.5 Å². The van der Waals surface area contributed by atoms with Crippen molar-refractivity contribution in [3.8, 4) is 0 Å². The zero-order valence-electron chi connectivity index (χ0n) is 9.29. The van der Waals surface area contributed by atoms with E-state index in [0.717, 1.165) is 11.3 Å². The van der Waals surface area contributed by atoms with Crippen LogP contribution in [-0.2, 0) is 13.1 Å². The van der Waals surface area contributed by atoms with Gasteiger partial charge in [0.25, 0.3) is 5.56 Å². The van der Waals surface area contributed by atoms with Crippen molar-refractivity contribution in [2.75, 3.05) is 0 Å². The first-order chi connectivity index (χ1) is 7.20. The molecule has 1 aromatic rings. The van der Waals surface area contributed by atoms with Gasteiger partial charge in [-0.1, -0.05) is 0 Å². The van der Waals surface area contributed by atoms with Crippen LogP contribution in [0.3, 0.4) is 0 Å². The molecule has 2 rings (SSSR count). The maximum Gasteiger partial charge on any atom is 0.271 e. The first-order valence-electron chi connectivity index (χ1n) is 5.51. The number of nitrogens with one attached hydrogen (secondary N) is 1. The number of aryl methyl sites for hydroxylation is 2. The van der Waals surface area contributed by atoms with E-state index in [9.17, 15) is 4.79 Å². The highest BCUT2D eigenvalue weighted by molar-refractivity contribution is 5.12. The Bertz CT molecular complexity index is 407. The van der Waals surface area contributed by atoms with Crippen LogP contribution in [0.5, 0.6) is 0 Å². The normalized spacial score (nSPS) is 15.6. The zero-order valence-corrected chi connectivity index (χ0v) is 9.29. The Morgan fingerprint density at radius 1 is 1.60 bits per heavy atom. The molecule has 0 radical (unpaired) electrons. The molecule has 82 valence electrons. The third kappa shape index (κ3) is 2.45. The van der Waals surface area contributed by atoms with Crippen molar-refractivity contribution in [1.29, 1.82) is 0 Å². The highest BCUT2D eigenvalue weighted by Crippen LogP contribution is 2.18. The van der Waals surface area contributed by atoms with E-state index < -0.39 is 0 Å². The van der Waals surface area contributed by atoms with Crippen LogP contribution in [0.4, 0.5) is 0 Å². The molecule has 0 unspecified atom stereocenters. The van der Waals surface area contributed by atoms with Gasteiger partial charge in [-0.25, -0.2) is 4.68 Å². The second-order valence-electron chi connectivity index (χ2n) is 4.09. The molecule has 1 fully saturated rings. The Morgan fingerprint density at radius 2 is 2.33 bits per heavy atom. The number of hydrogen-bond donors (Lipinski definition) is 1. The van der Waals surface area contributed by atoms with Crippen LogP contribution >= 0.6 is 0 Å². The molecule has 0 atom stereocenters. The molecule has 0 aliphatic heterocycles. The molecule has 15 heavy (non-hydrogen) atoms. The van der Waals surface area contributed by atoms with Gasteiger partial charge >= 0.3 is 0 Å². The summed E-state index contributed by atoms with van der Waals surface area (Å²) in [6.45, 7) is 5.17. The largest absolute Gasteiger partial charge is 0.310 e. The highest BCUT2D eigenvalue weighted by atomic mass is 16.1. The van der Waals surface area contributed by atoms with Crippen molar-refractivity contribution in [2.45, 2.75) is 45.8 Å². The second kappa shape index (κ2) is 4.14. The van der Waals surface area contributed by atoms with Crippen LogP contribution < -0.4 is 10.9 Å². The second-order valence-corrected chi connectivity index (χ2v) is 4.09. The molecule has 4 heteroatoms. The zero-order chi connectivity index (χ0) is 10.8. The molecule has 1 saturated carbocycles. The fourth-order valence-corrected chi connectivity index (χ4v) is 1.63. The lowest BCUT2D eigenvalue weighted by Crippen LogP contribution is -2.29. The molecule has 0 amide bonds. The summed E-state index contributed by atoms with van der Waals surface area (Å²) in [6, 6.07) is 2.51. The summed E-state index contributed by atoms with van der Waals surface area (Å²) in [5.74, 6) is 0. The van der Waals surface area contributed by atoms with Crippen LogP contribution in [-0.4, -0.2) is 15.8 Å². The van der Waals surface area contributed by atoms with Gasteiger partial charge in [-0.05, 0) is 32.8 Å². The lowest BCUT2D eigenvalue weighted by Gasteiger charge is -2.07. The fourth-order valence-electron chi connectivity index (χ4n) is 1.63. The van der Waals surface area contributed by atoms with Gasteiger partial charge in [-0.15, -0.1) is 0 Å². The minimum absolute atomic E-state index is 0.0382. The van der Waals surface area contributed by atoms with E-state index in [1.807, 2.05) is 19.9 Å². The standard InChI is InChI=1S/C11H17N3O/c1-3-14-11(15)9(6-8(2)13-14)7-12-10-4-5-10/h6,10,12H,3-5,7H2,1-2H3. The van der Waals surface area contributed by atoms with Crippen molar-refractivity contribution in [1.82, 2.24) is 15.1 Å².